The van der Waals surface area contributed by atoms with Crippen LogP contribution in [0.5, 0.6) is 0 Å². The Morgan fingerprint density at radius 2 is 2.00 bits per heavy atom. The topological polar surface area (TPSA) is 91.0 Å². The van der Waals surface area contributed by atoms with E-state index in [0.29, 0.717) is 13.0 Å². The first-order valence-electron chi connectivity index (χ1n) is 8.33. The Hall–Kier alpha value is -2.80. The number of piperidine rings is 1. The number of carbonyl (C=O) groups is 1. The number of anilines is 1. The highest BCUT2D eigenvalue weighted by Crippen LogP contribution is 2.26. The normalized spacial score (nSPS) is 24.8. The molecule has 0 spiro atoms. The molecule has 26 heavy (non-hydrogen) atoms. The van der Waals surface area contributed by atoms with Crippen molar-refractivity contribution in [3.8, 4) is 0 Å². The third-order valence-electron chi connectivity index (χ3n) is 4.47. The monoisotopic (exact) mass is 358 g/mol. The zero-order chi connectivity index (χ0) is 18.7. The molecule has 0 saturated carbocycles. The lowest BCUT2D eigenvalue weighted by atomic mass is 9.91. The molecule has 0 radical (unpaired) electrons. The van der Waals surface area contributed by atoms with Gasteiger partial charge in [-0.3, -0.25) is 10.2 Å². The standard InChI is InChI=1S/C19H20F2N4O/c20-14-6-13(18(22)17(7-14)19(23)26)9-25-16-3-1-11(2-4-16)12-5-15(21)10-24-8-12/h1-4,6-7,9,12,15,22,24-25H,5,8,10H2,(H2,23,26)/b13-9-,22-18?. The minimum Gasteiger partial charge on any atom is -0.366 e. The van der Waals surface area contributed by atoms with Crippen molar-refractivity contribution >= 4 is 17.3 Å². The summed E-state index contributed by atoms with van der Waals surface area (Å²) in [6, 6.07) is 7.52. The highest BCUT2D eigenvalue weighted by Gasteiger charge is 2.22. The molecule has 2 unspecified atom stereocenters. The van der Waals surface area contributed by atoms with Gasteiger partial charge < -0.3 is 16.4 Å². The molecule has 1 amide bonds. The largest absolute Gasteiger partial charge is 0.366 e. The molecule has 1 fully saturated rings. The van der Waals surface area contributed by atoms with Crippen LogP contribution in [-0.4, -0.2) is 30.9 Å². The van der Waals surface area contributed by atoms with Crippen LogP contribution < -0.4 is 16.4 Å². The van der Waals surface area contributed by atoms with Crippen LogP contribution in [0.1, 0.15) is 17.9 Å². The summed E-state index contributed by atoms with van der Waals surface area (Å²) in [5.41, 5.74) is 6.87. The van der Waals surface area contributed by atoms with Crippen LogP contribution in [0.4, 0.5) is 14.5 Å². The number of amides is 1. The number of halogens is 2. The van der Waals surface area contributed by atoms with Gasteiger partial charge in [-0.25, -0.2) is 8.78 Å². The highest BCUT2D eigenvalue weighted by atomic mass is 19.1. The third-order valence-corrected chi connectivity index (χ3v) is 4.47. The molecule has 5 N–H and O–H groups in total. The summed E-state index contributed by atoms with van der Waals surface area (Å²) in [6.07, 6.45) is 3.24. The predicted octanol–water partition coefficient (Wildman–Crippen LogP) is 2.70. The zero-order valence-corrected chi connectivity index (χ0v) is 14.1. The average molecular weight is 358 g/mol. The Morgan fingerprint density at radius 3 is 2.65 bits per heavy atom. The molecular weight excluding hydrogens is 338 g/mol. The molecule has 0 bridgehead atoms. The summed E-state index contributed by atoms with van der Waals surface area (Å²) >= 11 is 0. The lowest BCUT2D eigenvalue weighted by Crippen LogP contribution is -2.36. The second-order valence-electron chi connectivity index (χ2n) is 6.38. The number of primary amides is 1. The van der Waals surface area contributed by atoms with E-state index in [9.17, 15) is 13.6 Å². The Morgan fingerprint density at radius 1 is 1.27 bits per heavy atom. The minimum atomic E-state index is -0.847. The van der Waals surface area contributed by atoms with E-state index in [1.165, 1.54) is 6.20 Å². The summed E-state index contributed by atoms with van der Waals surface area (Å²) < 4.78 is 27.1. The summed E-state index contributed by atoms with van der Waals surface area (Å²) in [6.45, 7) is 1.15. The van der Waals surface area contributed by atoms with Gasteiger partial charge in [-0.1, -0.05) is 12.1 Å². The van der Waals surface area contributed by atoms with Crippen molar-refractivity contribution in [2.75, 3.05) is 18.4 Å². The number of hydrogen-bond acceptors (Lipinski definition) is 4. The van der Waals surface area contributed by atoms with Crippen molar-refractivity contribution < 1.29 is 13.6 Å². The van der Waals surface area contributed by atoms with Crippen LogP contribution in [0.2, 0.25) is 0 Å². The Labute approximate surface area is 150 Å². The van der Waals surface area contributed by atoms with Crippen molar-refractivity contribution in [3.05, 3.63) is 65.2 Å². The molecule has 1 saturated heterocycles. The fourth-order valence-electron chi connectivity index (χ4n) is 3.09. The molecule has 136 valence electrons. The first kappa shape index (κ1) is 18.0. The van der Waals surface area contributed by atoms with Gasteiger partial charge in [0.05, 0.1) is 11.3 Å². The van der Waals surface area contributed by atoms with E-state index in [-0.39, 0.29) is 22.8 Å². The molecular formula is C19H20F2N4O. The molecule has 0 aromatic heterocycles. The zero-order valence-electron chi connectivity index (χ0n) is 14.1. The van der Waals surface area contributed by atoms with E-state index in [1.54, 1.807) is 0 Å². The van der Waals surface area contributed by atoms with Gasteiger partial charge in [0.2, 0.25) is 0 Å². The number of benzene rings is 1. The van der Waals surface area contributed by atoms with Crippen LogP contribution in [0.25, 0.3) is 0 Å². The van der Waals surface area contributed by atoms with E-state index in [0.717, 1.165) is 29.9 Å². The van der Waals surface area contributed by atoms with E-state index in [1.807, 2.05) is 24.3 Å². The van der Waals surface area contributed by atoms with Crippen LogP contribution in [0.3, 0.4) is 0 Å². The van der Waals surface area contributed by atoms with Crippen molar-refractivity contribution in [2.24, 2.45) is 5.73 Å². The van der Waals surface area contributed by atoms with Gasteiger partial charge in [0, 0.05) is 30.5 Å². The average Bonchev–Trinajstić information content (AvgIpc) is 2.62. The van der Waals surface area contributed by atoms with Gasteiger partial charge >= 0.3 is 0 Å². The van der Waals surface area contributed by atoms with E-state index in [2.05, 4.69) is 10.6 Å². The molecule has 1 aliphatic carbocycles. The number of rotatable bonds is 4. The molecule has 1 aromatic carbocycles. The molecule has 1 aliphatic heterocycles. The predicted molar refractivity (Wildman–Crippen MR) is 97.5 cm³/mol. The number of nitrogens with two attached hydrogens (primary N) is 1. The number of alkyl halides is 1. The van der Waals surface area contributed by atoms with Crippen LogP contribution in [0, 0.1) is 5.41 Å². The third kappa shape index (κ3) is 4.05. The lowest BCUT2D eigenvalue weighted by Gasteiger charge is -2.26. The molecule has 7 heteroatoms. The van der Waals surface area contributed by atoms with Gasteiger partial charge in [0.1, 0.15) is 12.0 Å². The first-order valence-corrected chi connectivity index (χ1v) is 8.33. The smallest absolute Gasteiger partial charge is 0.250 e. The van der Waals surface area contributed by atoms with Crippen LogP contribution in [0.15, 0.2) is 59.6 Å². The molecule has 1 aromatic rings. The number of hydrogen-bond donors (Lipinski definition) is 4. The van der Waals surface area contributed by atoms with Crippen molar-refractivity contribution in [3.63, 3.8) is 0 Å². The summed E-state index contributed by atoms with van der Waals surface area (Å²) in [4.78, 5) is 11.3. The van der Waals surface area contributed by atoms with Crippen molar-refractivity contribution in [1.29, 1.82) is 5.41 Å². The van der Waals surface area contributed by atoms with Gasteiger partial charge in [-0.15, -0.1) is 0 Å². The molecule has 5 nitrogen and oxygen atoms in total. The van der Waals surface area contributed by atoms with Gasteiger partial charge in [0.15, 0.2) is 0 Å². The van der Waals surface area contributed by atoms with Gasteiger partial charge in [0.25, 0.3) is 5.91 Å². The number of carbonyl (C=O) groups excluding carboxylic acids is 1. The SMILES string of the molecule is N=C1C(C(N)=O)=CC(F)=C/C1=C/Nc1ccc(C2CNCC(F)C2)cc1. The van der Waals surface area contributed by atoms with Crippen molar-refractivity contribution in [2.45, 2.75) is 18.5 Å². The second kappa shape index (κ2) is 7.61. The maximum Gasteiger partial charge on any atom is 0.250 e. The summed E-state index contributed by atoms with van der Waals surface area (Å²) in [5.74, 6) is -1.34. The maximum absolute atomic E-state index is 13.6. The fraction of sp³-hybridized carbons (Fsp3) is 0.263. The van der Waals surface area contributed by atoms with E-state index < -0.39 is 17.9 Å². The minimum absolute atomic E-state index is 0.134. The second-order valence-corrected chi connectivity index (χ2v) is 6.38. The Balaban J connectivity index is 1.70. The molecule has 3 rings (SSSR count). The molecule has 1 heterocycles. The summed E-state index contributed by atoms with van der Waals surface area (Å²) in [7, 11) is 0. The number of allylic oxidation sites excluding steroid dienone is 4. The van der Waals surface area contributed by atoms with Crippen LogP contribution in [-0.2, 0) is 4.79 Å². The van der Waals surface area contributed by atoms with Gasteiger partial charge in [-0.05, 0) is 42.2 Å². The lowest BCUT2D eigenvalue weighted by molar-refractivity contribution is -0.114. The highest BCUT2D eigenvalue weighted by molar-refractivity contribution is 6.28. The number of nitrogens with one attached hydrogen (secondary N) is 3. The Bertz CT molecular complexity index is 811. The van der Waals surface area contributed by atoms with E-state index in [4.69, 9.17) is 11.1 Å². The van der Waals surface area contributed by atoms with Gasteiger partial charge in [-0.2, -0.15) is 0 Å². The molecule has 2 atom stereocenters. The quantitative estimate of drug-likeness (QED) is 0.667. The first-order chi connectivity index (χ1) is 12.4. The summed E-state index contributed by atoms with van der Waals surface area (Å²) in [5, 5.41) is 14.0. The fourth-order valence-corrected chi connectivity index (χ4v) is 3.09. The Kier molecular flexibility index (Phi) is 5.27. The van der Waals surface area contributed by atoms with E-state index >= 15 is 0 Å². The maximum atomic E-state index is 13.6. The van der Waals surface area contributed by atoms with Crippen LogP contribution >= 0.6 is 0 Å². The molecule has 2 aliphatic rings. The van der Waals surface area contributed by atoms with Crippen molar-refractivity contribution in [1.82, 2.24) is 5.32 Å².